The number of carbonyl (C=O) groups excluding carboxylic acids is 4. The Bertz CT molecular complexity index is 841. The van der Waals surface area contributed by atoms with Gasteiger partial charge in [-0.15, -0.1) is 23.5 Å². The van der Waals surface area contributed by atoms with E-state index >= 15 is 0 Å². The molecule has 0 radical (unpaired) electrons. The second-order valence-electron chi connectivity index (χ2n) is 9.16. The van der Waals surface area contributed by atoms with E-state index in [1.165, 1.54) is 33.3 Å². The van der Waals surface area contributed by atoms with E-state index in [0.29, 0.717) is 0 Å². The molecule has 2 saturated carbocycles. The summed E-state index contributed by atoms with van der Waals surface area (Å²) in [4.78, 5) is 53.7. The van der Waals surface area contributed by atoms with Crippen molar-refractivity contribution in [3.63, 3.8) is 0 Å². The lowest BCUT2D eigenvalue weighted by molar-refractivity contribution is -0.173. The molecule has 0 spiro atoms. The number of amides is 2. The predicted octanol–water partition coefficient (Wildman–Crippen LogP) is -1.28. The highest BCUT2D eigenvalue weighted by Gasteiger charge is 2.81. The number of nitrogens with zero attached hydrogens (tertiary/aromatic N) is 2. The molecule has 0 aromatic rings. The number of Topliss-reactive ketones (excluding diaryl/α,β-unsaturated/α-hetero) is 2. The molecular weight excluding hydrogens is 404 g/mol. The van der Waals surface area contributed by atoms with E-state index in [1.54, 1.807) is 0 Å². The van der Waals surface area contributed by atoms with E-state index in [9.17, 15) is 29.4 Å². The van der Waals surface area contributed by atoms with Crippen LogP contribution in [0.15, 0.2) is 0 Å². The first-order valence-electron chi connectivity index (χ1n) is 9.75. The maximum absolute atomic E-state index is 13.9. The van der Waals surface area contributed by atoms with E-state index in [1.807, 2.05) is 0 Å². The van der Waals surface area contributed by atoms with Gasteiger partial charge in [0.15, 0.2) is 9.74 Å². The minimum Gasteiger partial charge on any atom is -0.390 e. The van der Waals surface area contributed by atoms with Crippen LogP contribution in [0, 0.1) is 11.8 Å². The van der Waals surface area contributed by atoms with Crippen LogP contribution in [0.5, 0.6) is 0 Å². The molecule has 7 aliphatic rings. The van der Waals surface area contributed by atoms with E-state index in [4.69, 9.17) is 0 Å². The molecule has 5 aliphatic heterocycles. The lowest BCUT2D eigenvalue weighted by Crippen LogP contribution is -2.79. The van der Waals surface area contributed by atoms with Crippen molar-refractivity contribution in [2.24, 2.45) is 11.8 Å². The summed E-state index contributed by atoms with van der Waals surface area (Å²) in [5.41, 5.74) is 0. The highest BCUT2D eigenvalue weighted by molar-refractivity contribution is 8.03. The van der Waals surface area contributed by atoms with Gasteiger partial charge in [0, 0.05) is 48.0 Å². The molecule has 6 bridgehead atoms. The van der Waals surface area contributed by atoms with Crippen LogP contribution in [0.2, 0.25) is 0 Å². The number of piperazine rings is 1. The number of rotatable bonds is 0. The second kappa shape index (κ2) is 4.63. The van der Waals surface area contributed by atoms with E-state index < -0.39 is 56.4 Å². The number of thioether (sulfide) groups is 2. The molecule has 5 saturated heterocycles. The first-order valence-corrected chi connectivity index (χ1v) is 11.5. The summed E-state index contributed by atoms with van der Waals surface area (Å²) in [6.45, 7) is 0. The van der Waals surface area contributed by atoms with Crippen molar-refractivity contribution in [2.45, 2.75) is 70.2 Å². The highest BCUT2D eigenvalue weighted by atomic mass is 32.2. The van der Waals surface area contributed by atoms with Crippen molar-refractivity contribution >= 4 is 46.9 Å². The van der Waals surface area contributed by atoms with Gasteiger partial charge >= 0.3 is 0 Å². The quantitative estimate of drug-likeness (QED) is 0.496. The molecule has 10 heteroatoms. The zero-order valence-electron chi connectivity index (χ0n) is 14.7. The Hall–Kier alpha value is -1.10. The van der Waals surface area contributed by atoms with Gasteiger partial charge in [0.25, 0.3) is 11.8 Å². The van der Waals surface area contributed by atoms with Crippen LogP contribution in [0.3, 0.4) is 0 Å². The molecule has 2 aliphatic carbocycles. The average molecular weight is 422 g/mol. The maximum Gasteiger partial charge on any atom is 0.261 e. The normalized spacial score (nSPS) is 57.9. The summed E-state index contributed by atoms with van der Waals surface area (Å²) < 4.78 is 0. The Balaban J connectivity index is 1.44. The summed E-state index contributed by atoms with van der Waals surface area (Å²) in [5.74, 6) is -1.52. The summed E-state index contributed by atoms with van der Waals surface area (Å²) in [7, 11) is 0. The first kappa shape index (κ1) is 16.7. The van der Waals surface area contributed by atoms with Gasteiger partial charge in [-0.25, -0.2) is 0 Å². The van der Waals surface area contributed by atoms with Crippen LogP contribution in [0.25, 0.3) is 0 Å². The summed E-state index contributed by atoms with van der Waals surface area (Å²) in [6.07, 6.45) is -0.753. The van der Waals surface area contributed by atoms with Gasteiger partial charge in [0.2, 0.25) is 0 Å². The van der Waals surface area contributed by atoms with Crippen molar-refractivity contribution in [1.82, 2.24) is 9.80 Å². The summed E-state index contributed by atoms with van der Waals surface area (Å²) >= 11 is 2.49. The number of hydrogen-bond donors (Lipinski definition) is 2. The Morgan fingerprint density at radius 3 is 1.54 bits per heavy atom. The van der Waals surface area contributed by atoms with Crippen LogP contribution >= 0.6 is 23.5 Å². The van der Waals surface area contributed by atoms with Gasteiger partial charge in [-0.3, -0.25) is 19.2 Å². The molecule has 7 fully saturated rings. The van der Waals surface area contributed by atoms with E-state index in [2.05, 4.69) is 0 Å². The van der Waals surface area contributed by atoms with Crippen molar-refractivity contribution in [2.75, 3.05) is 0 Å². The number of aliphatic hydroxyl groups is 2. The minimum absolute atomic E-state index is 0.0169. The molecule has 8 nitrogen and oxygen atoms in total. The van der Waals surface area contributed by atoms with Gasteiger partial charge in [0.1, 0.15) is 11.6 Å². The number of carbonyl (C=O) groups is 4. The van der Waals surface area contributed by atoms with Gasteiger partial charge < -0.3 is 20.0 Å². The molecule has 5 heterocycles. The lowest BCUT2D eigenvalue weighted by atomic mass is 9.80. The fraction of sp³-hybridized carbons (Fsp3) is 0.778. The number of aliphatic hydroxyl groups excluding tert-OH is 2. The third-order valence-electron chi connectivity index (χ3n) is 8.08. The van der Waals surface area contributed by atoms with Gasteiger partial charge in [-0.2, -0.15) is 0 Å². The molecule has 2 amide bonds. The monoisotopic (exact) mass is 422 g/mol. The lowest BCUT2D eigenvalue weighted by Gasteiger charge is -2.61. The van der Waals surface area contributed by atoms with E-state index in [-0.39, 0.29) is 49.1 Å². The van der Waals surface area contributed by atoms with Crippen molar-refractivity contribution in [1.29, 1.82) is 0 Å². The molecule has 0 unspecified atom stereocenters. The Labute approximate surface area is 168 Å². The van der Waals surface area contributed by atoms with Crippen LogP contribution in [-0.4, -0.2) is 87.9 Å². The minimum atomic E-state index is -1.19. The zero-order valence-corrected chi connectivity index (χ0v) is 16.3. The Kier molecular flexibility index (Phi) is 2.76. The molecule has 0 aromatic heterocycles. The Morgan fingerprint density at radius 1 is 0.750 bits per heavy atom. The third kappa shape index (κ3) is 1.45. The van der Waals surface area contributed by atoms with Crippen LogP contribution in [-0.2, 0) is 19.2 Å². The fourth-order valence-corrected chi connectivity index (χ4v) is 10.7. The molecular formula is C18H18N2O6S2. The third-order valence-corrected chi connectivity index (χ3v) is 11.4. The maximum atomic E-state index is 13.9. The second-order valence-corrected chi connectivity index (χ2v) is 12.2. The molecule has 28 heavy (non-hydrogen) atoms. The summed E-state index contributed by atoms with van der Waals surface area (Å²) in [6, 6.07) is -1.30. The predicted molar refractivity (Wildman–Crippen MR) is 97.0 cm³/mol. The standard InChI is InChI=1S/C18H18N2O6S2/c21-7-1-9-13(23)11-5(7)3-17(27-9)15(25)20-12-6-4-18(20,16(26)19(11)17)28-10(14(12)24)2-8(6)22/h5-6,9-14,23-24H,1-4H2/t5-,6-,9-,10-,11-,12-,13-,14-,17+,18+/m0/s1. The van der Waals surface area contributed by atoms with E-state index in [0.717, 1.165) is 0 Å². The zero-order chi connectivity index (χ0) is 19.3. The van der Waals surface area contributed by atoms with Crippen LogP contribution < -0.4 is 0 Å². The molecule has 10 atom stereocenters. The van der Waals surface area contributed by atoms with Crippen molar-refractivity contribution in [3.8, 4) is 0 Å². The van der Waals surface area contributed by atoms with Crippen LogP contribution in [0.1, 0.15) is 25.7 Å². The molecule has 0 aromatic carbocycles. The molecule has 148 valence electrons. The number of ketones is 2. The van der Waals surface area contributed by atoms with Gasteiger partial charge in [-0.05, 0) is 0 Å². The SMILES string of the molecule is O=C1C[C@@H]2S[C@@]34C[C@@H]1[C@@H]([C@H]2O)N3C(=O)[C@@]12C[C@H]3C(=O)C[C@H](S1)[C@H](O)[C@H]3N2C4=O. The first-order chi connectivity index (χ1) is 13.3. The largest absolute Gasteiger partial charge is 0.390 e. The fourth-order valence-electron chi connectivity index (χ4n) is 7.04. The molecule has 2 N–H and O–H groups in total. The van der Waals surface area contributed by atoms with Crippen LogP contribution in [0.4, 0.5) is 0 Å². The highest BCUT2D eigenvalue weighted by Crippen LogP contribution is 2.67. The van der Waals surface area contributed by atoms with Crippen molar-refractivity contribution in [3.05, 3.63) is 0 Å². The number of fused-ring (bicyclic) bond motifs is 2. The topological polar surface area (TPSA) is 115 Å². The van der Waals surface area contributed by atoms with Gasteiger partial charge in [0.05, 0.1) is 24.3 Å². The summed E-state index contributed by atoms with van der Waals surface area (Å²) in [5, 5.41) is 20.8. The number of hydrogen-bond acceptors (Lipinski definition) is 8. The smallest absolute Gasteiger partial charge is 0.261 e. The Morgan fingerprint density at radius 2 is 1.14 bits per heavy atom. The van der Waals surface area contributed by atoms with Crippen molar-refractivity contribution < 1.29 is 29.4 Å². The van der Waals surface area contributed by atoms with Gasteiger partial charge in [-0.1, -0.05) is 0 Å². The average Bonchev–Trinajstić information content (AvgIpc) is 2.98. The molecule has 7 rings (SSSR count).